The van der Waals surface area contributed by atoms with Gasteiger partial charge in [-0.25, -0.2) is 8.42 Å². The quantitative estimate of drug-likeness (QED) is 0.899. The van der Waals surface area contributed by atoms with Crippen molar-refractivity contribution < 1.29 is 8.42 Å². The first-order valence-electron chi connectivity index (χ1n) is 4.96. The van der Waals surface area contributed by atoms with E-state index < -0.39 is 14.8 Å². The molecule has 0 saturated carbocycles. The van der Waals surface area contributed by atoms with Gasteiger partial charge in [0, 0.05) is 10.5 Å². The molecule has 1 aromatic heterocycles. The minimum absolute atomic E-state index is 0.119. The van der Waals surface area contributed by atoms with Gasteiger partial charge in [0.05, 0.1) is 6.20 Å². The van der Waals surface area contributed by atoms with Gasteiger partial charge in [-0.3, -0.25) is 0 Å². The van der Waals surface area contributed by atoms with Crippen molar-refractivity contribution >= 4 is 31.8 Å². The minimum Gasteiger partial charge on any atom is -0.383 e. The SMILES string of the molecule is CC1(S(=O)(=O)n2nccc2N)C=CC(Br)=CC1. The molecular formula is C10H12BrN3O2S. The van der Waals surface area contributed by atoms with Crippen LogP contribution in [0, 0.1) is 0 Å². The summed E-state index contributed by atoms with van der Waals surface area (Å²) >= 11 is 3.30. The second-order valence-corrected chi connectivity index (χ2v) is 7.19. The molecule has 5 nitrogen and oxygen atoms in total. The van der Waals surface area contributed by atoms with Crippen molar-refractivity contribution in [3.63, 3.8) is 0 Å². The van der Waals surface area contributed by atoms with Crippen molar-refractivity contribution in [3.8, 4) is 0 Å². The van der Waals surface area contributed by atoms with Crippen LogP contribution in [0.2, 0.25) is 0 Å². The fraction of sp³-hybridized carbons (Fsp3) is 0.300. The van der Waals surface area contributed by atoms with Crippen LogP contribution < -0.4 is 5.73 Å². The van der Waals surface area contributed by atoms with Gasteiger partial charge in [0.25, 0.3) is 10.0 Å². The number of allylic oxidation sites excluding steroid dienone is 3. The molecule has 1 aromatic rings. The maximum absolute atomic E-state index is 12.4. The molecule has 1 atom stereocenters. The van der Waals surface area contributed by atoms with E-state index in [0.29, 0.717) is 6.42 Å². The highest BCUT2D eigenvalue weighted by Gasteiger charge is 2.40. The third kappa shape index (κ3) is 1.93. The number of aromatic nitrogens is 2. The number of rotatable bonds is 2. The highest BCUT2D eigenvalue weighted by atomic mass is 79.9. The van der Waals surface area contributed by atoms with Gasteiger partial charge in [-0.1, -0.05) is 34.2 Å². The lowest BCUT2D eigenvalue weighted by Crippen LogP contribution is -2.39. The molecule has 0 bridgehead atoms. The van der Waals surface area contributed by atoms with Crippen molar-refractivity contribution in [2.24, 2.45) is 0 Å². The zero-order valence-electron chi connectivity index (χ0n) is 9.17. The van der Waals surface area contributed by atoms with Crippen molar-refractivity contribution in [2.45, 2.75) is 18.1 Å². The standard InChI is InChI=1S/C10H12BrN3O2S/c1-10(5-2-8(11)3-6-10)17(15,16)14-9(12)4-7-13-14/h2-5,7H,6,12H2,1H3. The third-order valence-electron chi connectivity index (χ3n) is 2.75. The summed E-state index contributed by atoms with van der Waals surface area (Å²) in [4.78, 5) is 0. The molecule has 1 aliphatic rings. The molecule has 0 saturated heterocycles. The van der Waals surface area contributed by atoms with Crippen LogP contribution in [0.1, 0.15) is 13.3 Å². The van der Waals surface area contributed by atoms with E-state index in [1.807, 2.05) is 6.08 Å². The maximum Gasteiger partial charge on any atom is 0.265 e. The number of nitrogens with zero attached hydrogens (tertiary/aromatic N) is 2. The van der Waals surface area contributed by atoms with E-state index >= 15 is 0 Å². The van der Waals surface area contributed by atoms with Crippen LogP contribution in [0.4, 0.5) is 5.82 Å². The molecule has 0 aliphatic heterocycles. The molecule has 2 N–H and O–H groups in total. The molecule has 17 heavy (non-hydrogen) atoms. The van der Waals surface area contributed by atoms with E-state index in [2.05, 4.69) is 21.0 Å². The van der Waals surface area contributed by atoms with Gasteiger partial charge >= 0.3 is 0 Å². The Morgan fingerprint density at radius 1 is 1.59 bits per heavy atom. The monoisotopic (exact) mass is 317 g/mol. The summed E-state index contributed by atoms with van der Waals surface area (Å²) in [6.45, 7) is 1.65. The van der Waals surface area contributed by atoms with E-state index in [4.69, 9.17) is 5.73 Å². The summed E-state index contributed by atoms with van der Waals surface area (Å²) < 4.78 is 25.6. The lowest BCUT2D eigenvalue weighted by molar-refractivity contribution is 0.546. The van der Waals surface area contributed by atoms with Crippen LogP contribution in [-0.4, -0.2) is 22.4 Å². The van der Waals surface area contributed by atoms with Crippen LogP contribution in [0.5, 0.6) is 0 Å². The van der Waals surface area contributed by atoms with Crippen LogP contribution in [0.15, 0.2) is 35.0 Å². The Hall–Kier alpha value is -1.08. The summed E-state index contributed by atoms with van der Waals surface area (Å²) in [5.74, 6) is 0.119. The van der Waals surface area contributed by atoms with Gasteiger partial charge in [-0.2, -0.15) is 5.10 Å². The topological polar surface area (TPSA) is 78.0 Å². The zero-order chi connectivity index (χ0) is 12.7. The first-order chi connectivity index (χ1) is 7.87. The molecule has 92 valence electrons. The molecule has 2 rings (SSSR count). The average Bonchev–Trinajstić information content (AvgIpc) is 2.69. The number of hydrogen-bond acceptors (Lipinski definition) is 4. The van der Waals surface area contributed by atoms with Crippen molar-refractivity contribution in [3.05, 3.63) is 35.0 Å². The Labute approximate surface area is 108 Å². The lowest BCUT2D eigenvalue weighted by atomic mass is 10.0. The minimum atomic E-state index is -3.64. The Morgan fingerprint density at radius 3 is 2.76 bits per heavy atom. The molecular weight excluding hydrogens is 306 g/mol. The molecule has 0 spiro atoms. The average molecular weight is 318 g/mol. The molecule has 1 aliphatic carbocycles. The molecule has 1 heterocycles. The number of halogens is 1. The first-order valence-corrected chi connectivity index (χ1v) is 7.20. The summed E-state index contributed by atoms with van der Waals surface area (Å²) in [5, 5.41) is 3.76. The molecule has 0 fully saturated rings. The molecule has 0 amide bonds. The zero-order valence-corrected chi connectivity index (χ0v) is 11.6. The number of nitrogens with two attached hydrogens (primary N) is 1. The van der Waals surface area contributed by atoms with Gasteiger partial charge < -0.3 is 5.73 Å². The Bertz CT molecular complexity index is 603. The largest absolute Gasteiger partial charge is 0.383 e. The van der Waals surface area contributed by atoms with Crippen LogP contribution in [0.25, 0.3) is 0 Å². The first kappa shape index (κ1) is 12.4. The smallest absolute Gasteiger partial charge is 0.265 e. The summed E-state index contributed by atoms with van der Waals surface area (Å²) in [6, 6.07) is 1.46. The highest BCUT2D eigenvalue weighted by molar-refractivity contribution is 9.11. The van der Waals surface area contributed by atoms with E-state index in [-0.39, 0.29) is 5.82 Å². The van der Waals surface area contributed by atoms with Crippen LogP contribution in [-0.2, 0) is 10.0 Å². The van der Waals surface area contributed by atoms with Crippen LogP contribution in [0.3, 0.4) is 0 Å². The lowest BCUT2D eigenvalue weighted by Gasteiger charge is -2.27. The van der Waals surface area contributed by atoms with Crippen molar-refractivity contribution in [2.75, 3.05) is 5.73 Å². The number of hydrogen-bond donors (Lipinski definition) is 1. The fourth-order valence-corrected chi connectivity index (χ4v) is 3.32. The normalized spacial score (nSPS) is 24.7. The van der Waals surface area contributed by atoms with E-state index in [1.54, 1.807) is 19.1 Å². The Balaban J connectivity index is 2.48. The molecule has 1 unspecified atom stereocenters. The van der Waals surface area contributed by atoms with Crippen molar-refractivity contribution in [1.29, 1.82) is 0 Å². The Morgan fingerprint density at radius 2 is 2.29 bits per heavy atom. The molecule has 0 radical (unpaired) electrons. The summed E-state index contributed by atoms with van der Waals surface area (Å²) in [6.07, 6.45) is 6.94. The van der Waals surface area contributed by atoms with E-state index in [1.165, 1.54) is 12.3 Å². The summed E-state index contributed by atoms with van der Waals surface area (Å²) in [7, 11) is -3.64. The third-order valence-corrected chi connectivity index (χ3v) is 5.58. The predicted molar refractivity (Wildman–Crippen MR) is 70.1 cm³/mol. The second kappa shape index (κ2) is 3.99. The fourth-order valence-electron chi connectivity index (χ4n) is 1.58. The van der Waals surface area contributed by atoms with Gasteiger partial charge in [0.1, 0.15) is 10.6 Å². The number of anilines is 1. The van der Waals surface area contributed by atoms with Crippen molar-refractivity contribution in [1.82, 2.24) is 9.19 Å². The maximum atomic E-state index is 12.4. The van der Waals surface area contributed by atoms with E-state index in [0.717, 1.165) is 8.57 Å². The van der Waals surface area contributed by atoms with Crippen LogP contribution >= 0.6 is 15.9 Å². The highest BCUT2D eigenvalue weighted by Crippen LogP contribution is 2.32. The van der Waals surface area contributed by atoms with Gasteiger partial charge in [-0.15, -0.1) is 4.09 Å². The summed E-state index contributed by atoms with van der Waals surface area (Å²) in [5.41, 5.74) is 5.59. The van der Waals surface area contributed by atoms with Gasteiger partial charge in [0.15, 0.2) is 0 Å². The molecule has 0 aromatic carbocycles. The number of nitrogen functional groups attached to an aromatic ring is 1. The van der Waals surface area contributed by atoms with Gasteiger partial charge in [0.2, 0.25) is 0 Å². The van der Waals surface area contributed by atoms with E-state index in [9.17, 15) is 8.42 Å². The van der Waals surface area contributed by atoms with Gasteiger partial charge in [-0.05, 0) is 13.3 Å². The predicted octanol–water partition coefficient (Wildman–Crippen LogP) is 1.64. The second-order valence-electron chi connectivity index (χ2n) is 4.04. The molecule has 7 heteroatoms. The Kier molecular flexibility index (Phi) is 2.90.